The van der Waals surface area contributed by atoms with Gasteiger partial charge in [-0.3, -0.25) is 0 Å². The van der Waals surface area contributed by atoms with Crippen molar-refractivity contribution in [1.29, 1.82) is 0 Å². The summed E-state index contributed by atoms with van der Waals surface area (Å²) in [5, 5.41) is 2.59. The number of benzene rings is 7. The lowest BCUT2D eigenvalue weighted by Gasteiger charge is -2.29. The van der Waals surface area contributed by atoms with Gasteiger partial charge in [0.05, 0.1) is 5.69 Å². The second-order valence-electron chi connectivity index (χ2n) is 12.9. The van der Waals surface area contributed by atoms with Crippen LogP contribution in [0.4, 0.5) is 17.1 Å². The van der Waals surface area contributed by atoms with E-state index in [9.17, 15) is 0 Å². The van der Waals surface area contributed by atoms with Gasteiger partial charge in [0, 0.05) is 42.5 Å². The molecule has 47 heavy (non-hydrogen) atoms. The lowest BCUT2D eigenvalue weighted by Crippen LogP contribution is -2.15. The van der Waals surface area contributed by atoms with Crippen molar-refractivity contribution in [2.75, 3.05) is 4.90 Å². The molecule has 0 radical (unpaired) electrons. The highest BCUT2D eigenvalue weighted by molar-refractivity contribution is 7.26. The molecule has 0 atom stereocenters. The molecular formula is C45H33NS. The molecule has 1 aliphatic carbocycles. The average Bonchev–Trinajstić information content (AvgIpc) is 3.62. The van der Waals surface area contributed by atoms with Crippen molar-refractivity contribution < 1.29 is 0 Å². The van der Waals surface area contributed by atoms with E-state index < -0.39 is 0 Å². The van der Waals surface area contributed by atoms with E-state index in [2.05, 4.69) is 183 Å². The van der Waals surface area contributed by atoms with Crippen LogP contribution >= 0.6 is 11.3 Å². The summed E-state index contributed by atoms with van der Waals surface area (Å²) >= 11 is 1.87. The van der Waals surface area contributed by atoms with Crippen molar-refractivity contribution in [2.24, 2.45) is 0 Å². The maximum atomic E-state index is 2.47. The van der Waals surface area contributed by atoms with Crippen LogP contribution in [0.2, 0.25) is 0 Å². The molecular weight excluding hydrogens is 587 g/mol. The van der Waals surface area contributed by atoms with Crippen LogP contribution < -0.4 is 4.90 Å². The molecule has 0 saturated carbocycles. The highest BCUT2D eigenvalue weighted by Gasteiger charge is 2.35. The Kier molecular flexibility index (Phi) is 6.41. The Balaban J connectivity index is 1.32. The minimum atomic E-state index is -0.0757. The van der Waals surface area contributed by atoms with Crippen molar-refractivity contribution in [1.82, 2.24) is 0 Å². The highest BCUT2D eigenvalue weighted by Crippen LogP contribution is 2.53. The van der Waals surface area contributed by atoms with Crippen LogP contribution in [0.1, 0.15) is 25.0 Å². The largest absolute Gasteiger partial charge is 0.309 e. The fourth-order valence-electron chi connectivity index (χ4n) is 7.55. The first-order chi connectivity index (χ1) is 23.1. The van der Waals surface area contributed by atoms with Crippen molar-refractivity contribution in [3.05, 3.63) is 175 Å². The summed E-state index contributed by atoms with van der Waals surface area (Å²) in [6.07, 6.45) is 0. The van der Waals surface area contributed by atoms with Gasteiger partial charge in [0.25, 0.3) is 0 Å². The van der Waals surface area contributed by atoms with Gasteiger partial charge in [-0.2, -0.15) is 0 Å². The Labute approximate surface area is 280 Å². The number of fused-ring (bicyclic) bond motifs is 6. The zero-order valence-electron chi connectivity index (χ0n) is 26.4. The predicted molar refractivity (Wildman–Crippen MR) is 202 cm³/mol. The number of anilines is 3. The van der Waals surface area contributed by atoms with Gasteiger partial charge in [-0.15, -0.1) is 11.3 Å². The highest BCUT2D eigenvalue weighted by atomic mass is 32.1. The monoisotopic (exact) mass is 619 g/mol. The number of rotatable bonds is 5. The number of thiophene rings is 1. The lowest BCUT2D eigenvalue weighted by molar-refractivity contribution is 0.660. The molecule has 0 spiro atoms. The second kappa shape index (κ2) is 10.8. The van der Waals surface area contributed by atoms with E-state index >= 15 is 0 Å². The van der Waals surface area contributed by atoms with Crippen LogP contribution in [0.3, 0.4) is 0 Å². The van der Waals surface area contributed by atoms with E-state index in [0.29, 0.717) is 0 Å². The van der Waals surface area contributed by atoms with Crippen LogP contribution in [0, 0.1) is 0 Å². The maximum Gasteiger partial charge on any atom is 0.0633 e. The Morgan fingerprint density at radius 2 is 1.04 bits per heavy atom. The normalized spacial score (nSPS) is 13.1. The minimum Gasteiger partial charge on any atom is -0.309 e. The van der Waals surface area contributed by atoms with Gasteiger partial charge in [0.15, 0.2) is 0 Å². The molecule has 0 fully saturated rings. The molecule has 0 N–H and O–H groups in total. The number of nitrogens with zero attached hydrogens (tertiary/aromatic N) is 1. The fourth-order valence-corrected chi connectivity index (χ4v) is 8.66. The van der Waals surface area contributed by atoms with Gasteiger partial charge in [-0.1, -0.05) is 135 Å². The first-order valence-electron chi connectivity index (χ1n) is 16.3. The zero-order chi connectivity index (χ0) is 31.5. The number of para-hydroxylation sites is 1. The molecule has 7 aromatic carbocycles. The molecule has 9 rings (SSSR count). The van der Waals surface area contributed by atoms with Gasteiger partial charge < -0.3 is 4.90 Å². The van der Waals surface area contributed by atoms with Gasteiger partial charge in [0.1, 0.15) is 0 Å². The molecule has 1 aliphatic rings. The molecule has 0 saturated heterocycles. The van der Waals surface area contributed by atoms with E-state index in [-0.39, 0.29) is 5.41 Å². The second-order valence-corrected chi connectivity index (χ2v) is 14.0. The molecule has 0 bridgehead atoms. The molecule has 8 aromatic rings. The molecule has 0 unspecified atom stereocenters. The molecule has 1 heterocycles. The van der Waals surface area contributed by atoms with Crippen LogP contribution in [-0.2, 0) is 5.41 Å². The minimum absolute atomic E-state index is 0.0757. The standard InChI is InChI=1S/C45H33NS/c1-45(2)39-19-11-9-17-36(39)37-26-23-32(29-40(37)45)35-27-28-42-43(38-18-10-12-20-41(38)47-42)44(35)46(33-15-7-4-8-16-33)34-24-21-31(22-25-34)30-13-5-3-6-14-30/h3-29H,1-2H3. The van der Waals surface area contributed by atoms with Crippen molar-refractivity contribution in [2.45, 2.75) is 19.3 Å². The molecule has 0 amide bonds. The van der Waals surface area contributed by atoms with Crippen LogP contribution in [0.15, 0.2) is 164 Å². The summed E-state index contributed by atoms with van der Waals surface area (Å²) in [6, 6.07) is 60.1. The molecule has 0 aliphatic heterocycles. The Bertz CT molecular complexity index is 2420. The average molecular weight is 620 g/mol. The Morgan fingerprint density at radius 3 is 1.85 bits per heavy atom. The summed E-state index contributed by atoms with van der Waals surface area (Å²) in [4.78, 5) is 2.47. The van der Waals surface area contributed by atoms with E-state index in [1.807, 2.05) is 11.3 Å². The van der Waals surface area contributed by atoms with Crippen LogP contribution in [0.25, 0.3) is 53.6 Å². The Hall–Kier alpha value is -5.44. The van der Waals surface area contributed by atoms with E-state index in [4.69, 9.17) is 0 Å². The molecule has 1 aromatic heterocycles. The number of hydrogen-bond acceptors (Lipinski definition) is 2. The predicted octanol–water partition coefficient (Wildman–Crippen LogP) is 13.2. The third kappa shape index (κ3) is 4.44. The fraction of sp³-hybridized carbons (Fsp3) is 0.0667. The summed E-state index contributed by atoms with van der Waals surface area (Å²) in [6.45, 7) is 4.73. The smallest absolute Gasteiger partial charge is 0.0633 e. The first kappa shape index (κ1) is 27.8. The summed E-state index contributed by atoms with van der Waals surface area (Å²) in [7, 11) is 0. The van der Waals surface area contributed by atoms with E-state index in [1.165, 1.54) is 70.4 Å². The van der Waals surface area contributed by atoms with Gasteiger partial charge in [0.2, 0.25) is 0 Å². The summed E-state index contributed by atoms with van der Waals surface area (Å²) in [5.74, 6) is 0. The van der Waals surface area contributed by atoms with Crippen molar-refractivity contribution >= 4 is 48.6 Å². The quantitative estimate of drug-likeness (QED) is 0.185. The SMILES string of the molecule is CC1(C)c2ccccc2-c2ccc(-c3ccc4sc5ccccc5c4c3N(c3ccccc3)c3ccc(-c4ccccc4)cc3)cc21. The molecule has 1 nitrogen and oxygen atoms in total. The Morgan fingerprint density at radius 1 is 0.447 bits per heavy atom. The van der Waals surface area contributed by atoms with Crippen LogP contribution in [-0.4, -0.2) is 0 Å². The first-order valence-corrected chi connectivity index (χ1v) is 17.1. The lowest BCUT2D eigenvalue weighted by atomic mass is 9.81. The van der Waals surface area contributed by atoms with Gasteiger partial charge >= 0.3 is 0 Å². The van der Waals surface area contributed by atoms with Crippen LogP contribution in [0.5, 0.6) is 0 Å². The maximum absolute atomic E-state index is 2.47. The third-order valence-corrected chi connectivity index (χ3v) is 11.0. The van der Waals surface area contributed by atoms with Crippen molar-refractivity contribution in [3.8, 4) is 33.4 Å². The number of hydrogen-bond donors (Lipinski definition) is 0. The molecule has 2 heteroatoms. The van der Waals surface area contributed by atoms with Gasteiger partial charge in [-0.25, -0.2) is 0 Å². The van der Waals surface area contributed by atoms with E-state index in [1.54, 1.807) is 0 Å². The topological polar surface area (TPSA) is 3.24 Å². The summed E-state index contributed by atoms with van der Waals surface area (Å²) in [5.41, 5.74) is 13.8. The van der Waals surface area contributed by atoms with Crippen molar-refractivity contribution in [3.63, 3.8) is 0 Å². The zero-order valence-corrected chi connectivity index (χ0v) is 27.3. The third-order valence-electron chi connectivity index (χ3n) is 9.88. The summed E-state index contributed by atoms with van der Waals surface area (Å²) < 4.78 is 2.60. The molecule has 224 valence electrons. The van der Waals surface area contributed by atoms with E-state index in [0.717, 1.165) is 11.4 Å². The van der Waals surface area contributed by atoms with Gasteiger partial charge in [-0.05, 0) is 81.4 Å².